The third kappa shape index (κ3) is 4.09. The molecular formula is C21H23ClN6O2. The third-order valence-corrected chi connectivity index (χ3v) is 5.46. The molecule has 30 heavy (non-hydrogen) atoms. The molecule has 0 radical (unpaired) electrons. The number of amides is 2. The zero-order valence-corrected chi connectivity index (χ0v) is 17.7. The number of fused-ring (bicyclic) bond motifs is 1. The van der Waals surface area contributed by atoms with Crippen molar-refractivity contribution in [2.45, 2.75) is 13.8 Å². The first-order chi connectivity index (χ1) is 14.4. The molecule has 0 aliphatic carbocycles. The van der Waals surface area contributed by atoms with Gasteiger partial charge in [0.25, 0.3) is 5.91 Å². The number of piperazine rings is 1. The molecule has 1 fully saturated rings. The van der Waals surface area contributed by atoms with Crippen molar-refractivity contribution in [3.63, 3.8) is 0 Å². The first-order valence-electron chi connectivity index (χ1n) is 9.81. The van der Waals surface area contributed by atoms with E-state index in [1.54, 1.807) is 9.42 Å². The van der Waals surface area contributed by atoms with Crippen LogP contribution in [0.15, 0.2) is 36.5 Å². The molecule has 0 unspecified atom stereocenters. The number of rotatable bonds is 4. The van der Waals surface area contributed by atoms with Crippen molar-refractivity contribution >= 4 is 34.7 Å². The second-order valence-corrected chi connectivity index (χ2v) is 7.80. The average molecular weight is 427 g/mol. The standard InChI is InChI=1S/C21H23ClN6O2/c1-14-10-15(2)28-20(25-14)18(12-24-28)21(30)23-13-19(29)27-8-6-26(7-9-27)17-5-3-4-16(22)11-17/h3-5,10-12H,6-9,13H2,1-2H3,(H,23,30). The summed E-state index contributed by atoms with van der Waals surface area (Å²) in [5, 5.41) is 7.63. The van der Waals surface area contributed by atoms with Crippen LogP contribution in [-0.4, -0.2) is 64.0 Å². The zero-order valence-electron chi connectivity index (χ0n) is 16.9. The number of anilines is 1. The number of aromatic nitrogens is 3. The van der Waals surface area contributed by atoms with Crippen molar-refractivity contribution in [1.82, 2.24) is 24.8 Å². The summed E-state index contributed by atoms with van der Waals surface area (Å²) in [6.45, 7) is 6.35. The fraction of sp³-hybridized carbons (Fsp3) is 0.333. The topological polar surface area (TPSA) is 82.8 Å². The van der Waals surface area contributed by atoms with Crippen LogP contribution in [0, 0.1) is 13.8 Å². The predicted octanol–water partition coefficient (Wildman–Crippen LogP) is 2.08. The number of carbonyl (C=O) groups is 2. The Labute approximate surface area is 179 Å². The maximum atomic E-state index is 12.6. The fourth-order valence-electron chi connectivity index (χ4n) is 3.68. The molecule has 0 bridgehead atoms. The van der Waals surface area contributed by atoms with Crippen LogP contribution in [0.5, 0.6) is 0 Å². The van der Waals surface area contributed by atoms with Gasteiger partial charge >= 0.3 is 0 Å². The van der Waals surface area contributed by atoms with Crippen LogP contribution >= 0.6 is 11.6 Å². The van der Waals surface area contributed by atoms with Crippen molar-refractivity contribution in [1.29, 1.82) is 0 Å². The highest BCUT2D eigenvalue weighted by Gasteiger charge is 2.23. The molecule has 1 aliphatic rings. The zero-order chi connectivity index (χ0) is 21.3. The van der Waals surface area contributed by atoms with Gasteiger partial charge in [-0.05, 0) is 38.1 Å². The van der Waals surface area contributed by atoms with E-state index in [1.165, 1.54) is 6.20 Å². The van der Waals surface area contributed by atoms with Crippen LogP contribution in [0.1, 0.15) is 21.7 Å². The summed E-state index contributed by atoms with van der Waals surface area (Å²) in [7, 11) is 0. The lowest BCUT2D eigenvalue weighted by Crippen LogP contribution is -2.51. The summed E-state index contributed by atoms with van der Waals surface area (Å²) in [6, 6.07) is 9.59. The van der Waals surface area contributed by atoms with E-state index in [-0.39, 0.29) is 18.4 Å². The Kier molecular flexibility index (Phi) is 5.59. The Morgan fingerprint density at radius 3 is 2.63 bits per heavy atom. The van der Waals surface area contributed by atoms with Gasteiger partial charge in [0.05, 0.1) is 12.7 Å². The number of benzene rings is 1. The minimum absolute atomic E-state index is 0.0574. The van der Waals surface area contributed by atoms with Gasteiger partial charge in [0, 0.05) is 48.3 Å². The molecule has 1 aromatic carbocycles. The van der Waals surface area contributed by atoms with Crippen LogP contribution in [0.2, 0.25) is 5.02 Å². The molecule has 3 heterocycles. The molecule has 0 atom stereocenters. The summed E-state index contributed by atoms with van der Waals surface area (Å²) in [6.07, 6.45) is 1.48. The molecule has 2 amide bonds. The Hall–Kier alpha value is -3.13. The van der Waals surface area contributed by atoms with E-state index in [9.17, 15) is 9.59 Å². The summed E-state index contributed by atoms with van der Waals surface area (Å²) in [5.41, 5.74) is 3.61. The van der Waals surface area contributed by atoms with Crippen molar-refractivity contribution in [3.8, 4) is 0 Å². The van der Waals surface area contributed by atoms with Crippen LogP contribution in [0.4, 0.5) is 5.69 Å². The van der Waals surface area contributed by atoms with Gasteiger partial charge < -0.3 is 15.1 Å². The van der Waals surface area contributed by atoms with Gasteiger partial charge in [-0.3, -0.25) is 9.59 Å². The molecule has 9 heteroatoms. The van der Waals surface area contributed by atoms with Gasteiger partial charge in [-0.15, -0.1) is 0 Å². The Morgan fingerprint density at radius 2 is 1.90 bits per heavy atom. The SMILES string of the molecule is Cc1cc(C)n2ncc(C(=O)NCC(=O)N3CCN(c4cccc(Cl)c4)CC3)c2n1. The molecular weight excluding hydrogens is 404 g/mol. The van der Waals surface area contributed by atoms with E-state index >= 15 is 0 Å². The van der Waals surface area contributed by atoms with Crippen LogP contribution in [0.3, 0.4) is 0 Å². The monoisotopic (exact) mass is 426 g/mol. The van der Waals surface area contributed by atoms with Crippen molar-refractivity contribution in [3.05, 3.63) is 58.5 Å². The minimum Gasteiger partial charge on any atom is -0.368 e. The summed E-state index contributed by atoms with van der Waals surface area (Å²) >= 11 is 6.07. The highest BCUT2D eigenvalue weighted by molar-refractivity contribution is 6.30. The molecule has 4 rings (SSSR count). The van der Waals surface area contributed by atoms with Crippen molar-refractivity contribution < 1.29 is 9.59 Å². The minimum atomic E-state index is -0.353. The largest absolute Gasteiger partial charge is 0.368 e. The quantitative estimate of drug-likeness (QED) is 0.690. The van der Waals surface area contributed by atoms with E-state index in [0.29, 0.717) is 29.3 Å². The number of hydrogen-bond donors (Lipinski definition) is 1. The number of hydrogen-bond acceptors (Lipinski definition) is 5. The van der Waals surface area contributed by atoms with Gasteiger partial charge in [0.15, 0.2) is 5.65 Å². The molecule has 1 N–H and O–H groups in total. The van der Waals surface area contributed by atoms with Gasteiger partial charge in [-0.25, -0.2) is 9.50 Å². The van der Waals surface area contributed by atoms with Crippen LogP contribution < -0.4 is 10.2 Å². The Bertz CT molecular complexity index is 1100. The Balaban J connectivity index is 1.34. The lowest BCUT2D eigenvalue weighted by molar-refractivity contribution is -0.130. The van der Waals surface area contributed by atoms with E-state index < -0.39 is 0 Å². The first kappa shape index (κ1) is 20.2. The summed E-state index contributed by atoms with van der Waals surface area (Å²) < 4.78 is 1.62. The van der Waals surface area contributed by atoms with Gasteiger partial charge in [-0.2, -0.15) is 5.10 Å². The highest BCUT2D eigenvalue weighted by Crippen LogP contribution is 2.20. The van der Waals surface area contributed by atoms with Crippen molar-refractivity contribution in [2.24, 2.45) is 0 Å². The van der Waals surface area contributed by atoms with E-state index in [0.717, 1.165) is 30.2 Å². The predicted molar refractivity (Wildman–Crippen MR) is 115 cm³/mol. The van der Waals surface area contributed by atoms with E-state index in [4.69, 9.17) is 11.6 Å². The smallest absolute Gasteiger partial charge is 0.257 e. The normalized spacial score (nSPS) is 14.2. The molecule has 1 saturated heterocycles. The summed E-state index contributed by atoms with van der Waals surface area (Å²) in [5.74, 6) is -0.459. The van der Waals surface area contributed by atoms with Gasteiger partial charge in [-0.1, -0.05) is 17.7 Å². The van der Waals surface area contributed by atoms with Gasteiger partial charge in [0.2, 0.25) is 5.91 Å². The number of aryl methyl sites for hydroxylation is 2. The highest BCUT2D eigenvalue weighted by atomic mass is 35.5. The lowest BCUT2D eigenvalue weighted by atomic mass is 10.2. The van der Waals surface area contributed by atoms with Crippen LogP contribution in [-0.2, 0) is 4.79 Å². The molecule has 156 valence electrons. The second-order valence-electron chi connectivity index (χ2n) is 7.36. The molecule has 8 nitrogen and oxygen atoms in total. The Morgan fingerprint density at radius 1 is 1.13 bits per heavy atom. The molecule has 1 aliphatic heterocycles. The average Bonchev–Trinajstić information content (AvgIpc) is 3.16. The molecule has 0 saturated carbocycles. The van der Waals surface area contributed by atoms with Crippen molar-refractivity contribution in [2.75, 3.05) is 37.6 Å². The number of halogens is 1. The maximum Gasteiger partial charge on any atom is 0.257 e. The van der Waals surface area contributed by atoms with E-state index in [1.807, 2.05) is 44.2 Å². The van der Waals surface area contributed by atoms with Gasteiger partial charge in [0.1, 0.15) is 5.56 Å². The maximum absolute atomic E-state index is 12.6. The lowest BCUT2D eigenvalue weighted by Gasteiger charge is -2.36. The first-order valence-corrected chi connectivity index (χ1v) is 10.2. The number of carbonyl (C=O) groups excluding carboxylic acids is 2. The van der Waals surface area contributed by atoms with Crippen LogP contribution in [0.25, 0.3) is 5.65 Å². The fourth-order valence-corrected chi connectivity index (χ4v) is 3.86. The summed E-state index contributed by atoms with van der Waals surface area (Å²) in [4.78, 5) is 33.6. The number of nitrogens with one attached hydrogen (secondary N) is 1. The molecule has 2 aromatic heterocycles. The second kappa shape index (κ2) is 8.31. The molecule has 0 spiro atoms. The van der Waals surface area contributed by atoms with E-state index in [2.05, 4.69) is 20.3 Å². The molecule has 3 aromatic rings. The number of nitrogens with zero attached hydrogens (tertiary/aromatic N) is 5. The third-order valence-electron chi connectivity index (χ3n) is 5.23.